The van der Waals surface area contributed by atoms with Crippen molar-refractivity contribution in [1.82, 2.24) is 5.32 Å². The summed E-state index contributed by atoms with van der Waals surface area (Å²) in [5.74, 6) is -0.540. The van der Waals surface area contributed by atoms with E-state index in [9.17, 15) is 9.18 Å². The minimum atomic E-state index is -0.481. The van der Waals surface area contributed by atoms with Crippen LogP contribution in [0.15, 0.2) is 24.3 Å². The van der Waals surface area contributed by atoms with Gasteiger partial charge in [-0.15, -0.1) is 0 Å². The summed E-state index contributed by atoms with van der Waals surface area (Å²) in [6, 6.07) is 6.32. The number of amides is 1. The van der Waals surface area contributed by atoms with Crippen molar-refractivity contribution in [2.75, 3.05) is 31.6 Å². The van der Waals surface area contributed by atoms with E-state index in [0.29, 0.717) is 31.8 Å². The van der Waals surface area contributed by atoms with E-state index >= 15 is 0 Å². The van der Waals surface area contributed by atoms with Crippen LogP contribution >= 0.6 is 0 Å². The van der Waals surface area contributed by atoms with Gasteiger partial charge in [0.2, 0.25) is 0 Å². The van der Waals surface area contributed by atoms with Crippen molar-refractivity contribution in [1.29, 1.82) is 0 Å². The molecule has 1 aromatic rings. The van der Waals surface area contributed by atoms with Crippen molar-refractivity contribution in [3.05, 3.63) is 30.1 Å². The number of para-hydroxylation sites is 1. The molecule has 0 aliphatic carbocycles. The van der Waals surface area contributed by atoms with Crippen LogP contribution in [-0.2, 0) is 9.53 Å². The fourth-order valence-corrected chi connectivity index (χ4v) is 2.03. The van der Waals surface area contributed by atoms with Crippen molar-refractivity contribution in [2.45, 2.75) is 12.5 Å². The highest BCUT2D eigenvalue weighted by Gasteiger charge is 2.31. The minimum absolute atomic E-state index is 0.165. The highest BCUT2D eigenvalue weighted by atomic mass is 19.1. The van der Waals surface area contributed by atoms with Crippen LogP contribution in [0.5, 0.6) is 0 Å². The van der Waals surface area contributed by atoms with Gasteiger partial charge in [-0.25, -0.2) is 4.39 Å². The number of rotatable bonds is 4. The summed E-state index contributed by atoms with van der Waals surface area (Å²) < 4.78 is 19.1. The number of hydrogen-bond donors (Lipinski definition) is 1. The van der Waals surface area contributed by atoms with Crippen molar-refractivity contribution in [3.63, 3.8) is 0 Å². The van der Waals surface area contributed by atoms with Gasteiger partial charge in [0.05, 0.1) is 12.3 Å². The lowest BCUT2D eigenvalue weighted by Crippen LogP contribution is -2.49. The van der Waals surface area contributed by atoms with Gasteiger partial charge in [0.1, 0.15) is 11.9 Å². The minimum Gasteiger partial charge on any atom is -0.366 e. The van der Waals surface area contributed by atoms with Gasteiger partial charge < -0.3 is 15.0 Å². The summed E-state index contributed by atoms with van der Waals surface area (Å²) >= 11 is 0. The fraction of sp³-hybridized carbons (Fsp3) is 0.462. The van der Waals surface area contributed by atoms with E-state index in [0.717, 1.165) is 0 Å². The van der Waals surface area contributed by atoms with Crippen molar-refractivity contribution in [2.24, 2.45) is 0 Å². The first kappa shape index (κ1) is 13.0. The number of nitrogens with one attached hydrogen (secondary N) is 1. The molecule has 1 aliphatic heterocycles. The Morgan fingerprint density at radius 2 is 2.28 bits per heavy atom. The molecule has 0 saturated carbocycles. The second-order valence-electron chi connectivity index (χ2n) is 4.19. The van der Waals surface area contributed by atoms with Crippen molar-refractivity contribution in [3.8, 4) is 0 Å². The number of halogens is 1. The molecule has 2 rings (SSSR count). The molecule has 0 spiro atoms. The number of nitrogens with zero attached hydrogens (tertiary/aromatic N) is 1. The summed E-state index contributed by atoms with van der Waals surface area (Å²) in [6.07, 6.45) is 0.117. The van der Waals surface area contributed by atoms with Gasteiger partial charge in [-0.1, -0.05) is 12.1 Å². The molecule has 1 aromatic carbocycles. The van der Waals surface area contributed by atoms with Crippen LogP contribution in [0.1, 0.15) is 6.42 Å². The molecular weight excluding hydrogens is 235 g/mol. The molecule has 98 valence electrons. The molecule has 18 heavy (non-hydrogen) atoms. The lowest BCUT2D eigenvalue weighted by atomic mass is 10.1. The number of morpholine rings is 1. The molecule has 1 fully saturated rings. The van der Waals surface area contributed by atoms with Crippen LogP contribution in [0.2, 0.25) is 0 Å². The van der Waals surface area contributed by atoms with Gasteiger partial charge in [-0.2, -0.15) is 0 Å². The second-order valence-corrected chi connectivity index (χ2v) is 4.19. The molecule has 1 aliphatic rings. The maximum atomic E-state index is 13.7. The Balaban J connectivity index is 2.14. The van der Waals surface area contributed by atoms with Gasteiger partial charge in [0.15, 0.2) is 0 Å². The van der Waals surface area contributed by atoms with Crippen LogP contribution in [0.4, 0.5) is 10.1 Å². The first-order valence-corrected chi connectivity index (χ1v) is 6.06. The summed E-state index contributed by atoms with van der Waals surface area (Å²) in [4.78, 5) is 13.7. The Morgan fingerprint density at radius 3 is 3.00 bits per heavy atom. The van der Waals surface area contributed by atoms with Crippen LogP contribution in [0, 0.1) is 5.82 Å². The van der Waals surface area contributed by atoms with Crippen molar-refractivity contribution >= 4 is 11.6 Å². The third kappa shape index (κ3) is 2.68. The predicted molar refractivity (Wildman–Crippen MR) is 67.0 cm³/mol. The lowest BCUT2D eigenvalue weighted by molar-refractivity contribution is -0.134. The Kier molecular flexibility index (Phi) is 4.28. The number of benzene rings is 1. The first-order valence-electron chi connectivity index (χ1n) is 6.06. The summed E-state index contributed by atoms with van der Waals surface area (Å²) in [7, 11) is 1.82. The second kappa shape index (κ2) is 5.93. The third-order valence-electron chi connectivity index (χ3n) is 2.98. The molecule has 4 nitrogen and oxygen atoms in total. The Bertz CT molecular complexity index is 425. The van der Waals surface area contributed by atoms with E-state index in [1.54, 1.807) is 18.2 Å². The summed E-state index contributed by atoms with van der Waals surface area (Å²) in [5, 5.41) is 2.98. The Labute approximate surface area is 106 Å². The number of ether oxygens (including phenoxy) is 1. The van der Waals surface area contributed by atoms with Crippen LogP contribution in [0.25, 0.3) is 0 Å². The van der Waals surface area contributed by atoms with E-state index in [4.69, 9.17) is 4.74 Å². The molecule has 0 aromatic heterocycles. The standard InChI is InChI=1S/C13H17FN2O2/c1-15-7-6-12-13(17)16(8-9-18-12)11-5-3-2-4-10(11)14/h2-5,12,15H,6-9H2,1H3. The molecule has 1 saturated heterocycles. The van der Waals surface area contributed by atoms with Crippen molar-refractivity contribution < 1.29 is 13.9 Å². The maximum absolute atomic E-state index is 13.7. The van der Waals surface area contributed by atoms with Gasteiger partial charge >= 0.3 is 0 Å². The quantitative estimate of drug-likeness (QED) is 0.874. The van der Waals surface area contributed by atoms with E-state index in [1.807, 2.05) is 7.05 Å². The van der Waals surface area contributed by atoms with E-state index in [1.165, 1.54) is 11.0 Å². The van der Waals surface area contributed by atoms with Crippen LogP contribution in [0.3, 0.4) is 0 Å². The summed E-state index contributed by atoms with van der Waals surface area (Å²) in [6.45, 7) is 1.53. The molecule has 5 heteroatoms. The molecule has 0 radical (unpaired) electrons. The highest BCUT2D eigenvalue weighted by molar-refractivity contribution is 5.97. The number of anilines is 1. The normalized spacial score (nSPS) is 20.2. The fourth-order valence-electron chi connectivity index (χ4n) is 2.03. The average Bonchev–Trinajstić information content (AvgIpc) is 2.39. The maximum Gasteiger partial charge on any atom is 0.256 e. The van der Waals surface area contributed by atoms with Gasteiger partial charge in [-0.3, -0.25) is 4.79 Å². The number of hydrogen-bond acceptors (Lipinski definition) is 3. The van der Waals surface area contributed by atoms with Gasteiger partial charge in [0.25, 0.3) is 5.91 Å². The molecule has 1 N–H and O–H groups in total. The van der Waals surface area contributed by atoms with Gasteiger partial charge in [-0.05, 0) is 32.1 Å². The van der Waals surface area contributed by atoms with E-state index in [2.05, 4.69) is 5.32 Å². The molecular formula is C13H17FN2O2. The zero-order valence-electron chi connectivity index (χ0n) is 10.4. The topological polar surface area (TPSA) is 41.6 Å². The number of carbonyl (C=O) groups is 1. The van der Waals surface area contributed by atoms with Gasteiger partial charge in [0, 0.05) is 6.54 Å². The third-order valence-corrected chi connectivity index (χ3v) is 2.98. The Hall–Kier alpha value is -1.46. The zero-order chi connectivity index (χ0) is 13.0. The molecule has 1 unspecified atom stereocenters. The molecule has 1 atom stereocenters. The average molecular weight is 252 g/mol. The zero-order valence-corrected chi connectivity index (χ0v) is 10.4. The van der Waals surface area contributed by atoms with E-state index in [-0.39, 0.29) is 11.7 Å². The molecule has 0 bridgehead atoms. The van der Waals surface area contributed by atoms with Crippen LogP contribution < -0.4 is 10.2 Å². The highest BCUT2D eigenvalue weighted by Crippen LogP contribution is 2.22. The predicted octanol–water partition coefficient (Wildman–Crippen LogP) is 1.17. The SMILES string of the molecule is CNCCC1OCCN(c2ccccc2F)C1=O. The first-order chi connectivity index (χ1) is 8.74. The molecule has 1 heterocycles. The van der Waals surface area contributed by atoms with E-state index < -0.39 is 6.10 Å². The monoisotopic (exact) mass is 252 g/mol. The van der Waals surface area contributed by atoms with Crippen LogP contribution in [-0.4, -0.2) is 38.8 Å². The smallest absolute Gasteiger partial charge is 0.256 e. The lowest BCUT2D eigenvalue weighted by Gasteiger charge is -2.32. The Morgan fingerprint density at radius 1 is 1.50 bits per heavy atom. The molecule has 1 amide bonds. The largest absolute Gasteiger partial charge is 0.366 e. The number of carbonyl (C=O) groups excluding carboxylic acids is 1. The summed E-state index contributed by atoms with van der Waals surface area (Å²) in [5.41, 5.74) is 0.334.